The number of amidine groups is 1. The van der Waals surface area contributed by atoms with Gasteiger partial charge in [0.05, 0.1) is 22.7 Å². The summed E-state index contributed by atoms with van der Waals surface area (Å²) in [6.07, 6.45) is 5.73. The third kappa shape index (κ3) is 2.34. The van der Waals surface area contributed by atoms with E-state index in [9.17, 15) is 9.59 Å². The molecule has 1 aliphatic carbocycles. The monoisotopic (exact) mass is 406 g/mol. The lowest BCUT2D eigenvalue weighted by Gasteiger charge is -2.34. The quantitative estimate of drug-likeness (QED) is 0.346. The van der Waals surface area contributed by atoms with Crippen molar-refractivity contribution in [2.24, 2.45) is 10.9 Å². The second-order valence-electron chi connectivity index (χ2n) is 6.96. The van der Waals surface area contributed by atoms with Gasteiger partial charge in [-0.25, -0.2) is 9.69 Å². The number of nitrogens with two attached hydrogens (primary N) is 1. The van der Waals surface area contributed by atoms with Gasteiger partial charge in [0.2, 0.25) is 0 Å². The van der Waals surface area contributed by atoms with Gasteiger partial charge in [0, 0.05) is 11.3 Å². The van der Waals surface area contributed by atoms with Crippen molar-refractivity contribution in [3.8, 4) is 0 Å². The number of hydrogen-bond donors (Lipinski definition) is 2. The van der Waals surface area contributed by atoms with Crippen molar-refractivity contribution in [1.29, 1.82) is 0 Å². The van der Waals surface area contributed by atoms with Gasteiger partial charge in [0.15, 0.2) is 5.84 Å². The summed E-state index contributed by atoms with van der Waals surface area (Å²) < 4.78 is 0. The van der Waals surface area contributed by atoms with Crippen LogP contribution in [0.15, 0.2) is 65.8 Å². The first-order valence-corrected chi connectivity index (χ1v) is 9.32. The molecular formula is C21H15ClN4O3. The Morgan fingerprint density at radius 1 is 1.10 bits per heavy atom. The summed E-state index contributed by atoms with van der Waals surface area (Å²) in [5.41, 5.74) is 8.75. The molecule has 0 spiro atoms. The number of nitrogens with zero attached hydrogens (tertiary/aromatic N) is 3. The topological polar surface area (TPSA) is 99.2 Å². The highest BCUT2D eigenvalue weighted by atomic mass is 35.5. The lowest BCUT2D eigenvalue weighted by Crippen LogP contribution is -2.46. The van der Waals surface area contributed by atoms with Gasteiger partial charge >= 0.3 is 6.03 Å². The smallest absolute Gasteiger partial charge is 0.332 e. The van der Waals surface area contributed by atoms with Gasteiger partial charge in [-0.15, -0.1) is 0 Å². The molecule has 2 aliphatic heterocycles. The highest BCUT2D eigenvalue weighted by Crippen LogP contribution is 2.45. The van der Waals surface area contributed by atoms with E-state index in [1.807, 2.05) is 24.3 Å². The average molecular weight is 407 g/mol. The molecule has 0 aromatic heterocycles. The third-order valence-corrected chi connectivity index (χ3v) is 5.84. The van der Waals surface area contributed by atoms with Crippen LogP contribution >= 0.6 is 11.6 Å². The van der Waals surface area contributed by atoms with Crippen molar-refractivity contribution in [1.82, 2.24) is 4.90 Å². The van der Waals surface area contributed by atoms with Crippen LogP contribution in [0.25, 0.3) is 5.57 Å². The van der Waals surface area contributed by atoms with Gasteiger partial charge in [-0.1, -0.05) is 47.1 Å². The molecule has 3 amide bonds. The standard InChI is InChI=1S/C21H15ClN4O3/c22-15-5-1-3-13-14-4-2-6-16-18(14)26(20(27)17(13)15)21(28)25(16)12-9-7-11(8-10-12)19(23)24-29/h1-10,16,18,29H,(H2,23,24). The Bertz CT molecular complexity index is 1150. The summed E-state index contributed by atoms with van der Waals surface area (Å²) in [4.78, 5) is 29.4. The summed E-state index contributed by atoms with van der Waals surface area (Å²) in [5.74, 6) is -0.418. The molecule has 0 saturated carbocycles. The molecule has 2 atom stereocenters. The maximum Gasteiger partial charge on any atom is 0.332 e. The number of hydrogen-bond acceptors (Lipinski definition) is 4. The molecule has 3 aliphatic rings. The molecule has 5 rings (SSSR count). The van der Waals surface area contributed by atoms with Crippen LogP contribution in [-0.4, -0.2) is 40.0 Å². The third-order valence-electron chi connectivity index (χ3n) is 5.52. The molecule has 2 heterocycles. The maximum absolute atomic E-state index is 13.3. The Balaban J connectivity index is 1.62. The molecule has 2 aromatic carbocycles. The fourth-order valence-electron chi connectivity index (χ4n) is 4.24. The summed E-state index contributed by atoms with van der Waals surface area (Å²) >= 11 is 6.30. The van der Waals surface area contributed by atoms with E-state index in [1.54, 1.807) is 41.3 Å². The van der Waals surface area contributed by atoms with E-state index in [-0.39, 0.29) is 11.9 Å². The van der Waals surface area contributed by atoms with Crippen LogP contribution in [-0.2, 0) is 0 Å². The number of halogens is 1. The molecule has 1 saturated heterocycles. The second-order valence-corrected chi connectivity index (χ2v) is 7.37. The number of anilines is 1. The van der Waals surface area contributed by atoms with Gasteiger partial charge in [-0.2, -0.15) is 0 Å². The van der Waals surface area contributed by atoms with Crippen LogP contribution < -0.4 is 10.6 Å². The van der Waals surface area contributed by atoms with Crippen molar-refractivity contribution in [2.45, 2.75) is 12.1 Å². The number of urea groups is 1. The Morgan fingerprint density at radius 3 is 2.59 bits per heavy atom. The van der Waals surface area contributed by atoms with Crippen molar-refractivity contribution in [3.05, 3.63) is 82.4 Å². The first-order chi connectivity index (χ1) is 14.0. The van der Waals surface area contributed by atoms with Crippen LogP contribution in [0.4, 0.5) is 10.5 Å². The lowest BCUT2D eigenvalue weighted by atomic mass is 9.83. The first kappa shape index (κ1) is 17.5. The normalized spacial score (nSPS) is 22.5. The Hall–Kier alpha value is -3.58. The van der Waals surface area contributed by atoms with Crippen LogP contribution in [0.3, 0.4) is 0 Å². The Kier molecular flexibility index (Phi) is 3.75. The molecule has 2 unspecified atom stereocenters. The van der Waals surface area contributed by atoms with E-state index in [2.05, 4.69) is 5.16 Å². The van der Waals surface area contributed by atoms with Gasteiger partial charge in [0.1, 0.15) is 0 Å². The predicted octanol–water partition coefficient (Wildman–Crippen LogP) is 3.22. The average Bonchev–Trinajstić information content (AvgIpc) is 3.04. The molecule has 1 fully saturated rings. The molecule has 144 valence electrons. The number of benzene rings is 2. The minimum absolute atomic E-state index is 0.0234. The zero-order valence-electron chi connectivity index (χ0n) is 15.0. The number of allylic oxidation sites excluding steroid dienone is 2. The van der Waals surface area contributed by atoms with Crippen molar-refractivity contribution >= 4 is 40.6 Å². The number of imide groups is 1. The van der Waals surface area contributed by atoms with Gasteiger partial charge in [-0.05, 0) is 41.5 Å². The number of amides is 3. The molecule has 29 heavy (non-hydrogen) atoms. The van der Waals surface area contributed by atoms with Crippen molar-refractivity contribution < 1.29 is 14.8 Å². The molecule has 8 heteroatoms. The van der Waals surface area contributed by atoms with Crippen molar-refractivity contribution in [2.75, 3.05) is 4.90 Å². The van der Waals surface area contributed by atoms with Crippen LogP contribution in [0.1, 0.15) is 21.5 Å². The number of carbonyl (C=O) groups excluding carboxylic acids is 2. The Morgan fingerprint density at radius 2 is 1.86 bits per heavy atom. The van der Waals surface area contributed by atoms with E-state index in [0.717, 1.165) is 11.1 Å². The SMILES string of the molecule is NC(=NO)c1ccc(N2C(=O)N3C(=O)c4c(Cl)cccc4C4=CC=CC2C43)cc1. The van der Waals surface area contributed by atoms with E-state index < -0.39 is 18.0 Å². The Labute approximate surface area is 171 Å². The highest BCUT2D eigenvalue weighted by molar-refractivity contribution is 6.35. The van der Waals surface area contributed by atoms with Crippen molar-refractivity contribution in [3.63, 3.8) is 0 Å². The number of carbonyl (C=O) groups is 2. The summed E-state index contributed by atoms with van der Waals surface area (Å²) in [6, 6.07) is 10.9. The fourth-order valence-corrected chi connectivity index (χ4v) is 4.50. The van der Waals surface area contributed by atoms with E-state index in [1.165, 1.54) is 4.90 Å². The lowest BCUT2D eigenvalue weighted by molar-refractivity contribution is 0.0796. The number of fused-ring (bicyclic) bond motifs is 2. The first-order valence-electron chi connectivity index (χ1n) is 8.95. The molecule has 2 aromatic rings. The molecule has 3 N–H and O–H groups in total. The minimum Gasteiger partial charge on any atom is -0.409 e. The minimum atomic E-state index is -0.422. The largest absolute Gasteiger partial charge is 0.409 e. The van der Waals surface area contributed by atoms with Crippen LogP contribution in [0.5, 0.6) is 0 Å². The predicted molar refractivity (Wildman–Crippen MR) is 109 cm³/mol. The second kappa shape index (κ2) is 6.22. The van der Waals surface area contributed by atoms with Gasteiger partial charge in [0.25, 0.3) is 5.91 Å². The zero-order chi connectivity index (χ0) is 20.3. The fraction of sp³-hybridized carbons (Fsp3) is 0.0952. The molecular weight excluding hydrogens is 392 g/mol. The van der Waals surface area contributed by atoms with Crippen LogP contribution in [0, 0.1) is 0 Å². The molecule has 0 radical (unpaired) electrons. The zero-order valence-corrected chi connectivity index (χ0v) is 15.7. The number of rotatable bonds is 2. The van der Waals surface area contributed by atoms with E-state index in [4.69, 9.17) is 22.5 Å². The molecule has 0 bridgehead atoms. The van der Waals surface area contributed by atoms with Crippen LogP contribution in [0.2, 0.25) is 5.02 Å². The summed E-state index contributed by atoms with van der Waals surface area (Å²) in [6.45, 7) is 0. The van der Waals surface area contributed by atoms with Gasteiger partial charge in [-0.3, -0.25) is 9.69 Å². The van der Waals surface area contributed by atoms with E-state index >= 15 is 0 Å². The summed E-state index contributed by atoms with van der Waals surface area (Å²) in [5, 5.41) is 12.1. The highest BCUT2D eigenvalue weighted by Gasteiger charge is 2.54. The van der Waals surface area contributed by atoms with Gasteiger partial charge < -0.3 is 10.9 Å². The maximum atomic E-state index is 13.3. The summed E-state index contributed by atoms with van der Waals surface area (Å²) in [7, 11) is 0. The van der Waals surface area contributed by atoms with E-state index in [0.29, 0.717) is 21.8 Å². The number of oxime groups is 1. The molecule has 7 nitrogen and oxygen atoms in total.